The van der Waals surface area contributed by atoms with Crippen LogP contribution in [0.15, 0.2) is 70.4 Å². The number of aromatic nitrogens is 2. The fraction of sp³-hybridized carbons (Fsp3) is 0.105. The molecule has 3 aromatic heterocycles. The first kappa shape index (κ1) is 17.4. The highest BCUT2D eigenvalue weighted by atomic mass is 32.2. The zero-order valence-corrected chi connectivity index (χ0v) is 15.2. The Morgan fingerprint density at radius 2 is 2.04 bits per heavy atom. The average molecular weight is 385 g/mol. The van der Waals surface area contributed by atoms with Gasteiger partial charge in [-0.2, -0.15) is 0 Å². The van der Waals surface area contributed by atoms with Crippen molar-refractivity contribution in [1.29, 1.82) is 0 Å². The third-order valence-corrected chi connectivity index (χ3v) is 5.85. The van der Waals surface area contributed by atoms with Crippen LogP contribution in [0.1, 0.15) is 5.56 Å². The van der Waals surface area contributed by atoms with Gasteiger partial charge in [0.05, 0.1) is 12.0 Å². The number of hydrogen-bond donors (Lipinski definition) is 1. The number of benzene rings is 1. The summed E-state index contributed by atoms with van der Waals surface area (Å²) in [6.45, 7) is 0.444. The van der Waals surface area contributed by atoms with Crippen LogP contribution in [0, 0.1) is 5.82 Å². The lowest BCUT2D eigenvalue weighted by Gasteiger charge is -2.11. The number of nitrogens with one attached hydrogen (secondary N) is 1. The molecule has 4 aromatic rings. The highest BCUT2D eigenvalue weighted by Crippen LogP contribution is 2.29. The number of halogens is 1. The fourth-order valence-electron chi connectivity index (χ4n) is 2.94. The van der Waals surface area contributed by atoms with Crippen LogP contribution in [0.5, 0.6) is 0 Å². The van der Waals surface area contributed by atoms with E-state index in [2.05, 4.69) is 10.3 Å². The minimum atomic E-state index is -4.00. The summed E-state index contributed by atoms with van der Waals surface area (Å²) < 4.78 is 47.2. The first-order valence-electron chi connectivity index (χ1n) is 8.20. The van der Waals surface area contributed by atoms with Crippen molar-refractivity contribution >= 4 is 21.1 Å². The van der Waals surface area contributed by atoms with Crippen LogP contribution >= 0.6 is 0 Å². The molecule has 6 nitrogen and oxygen atoms in total. The Balaban J connectivity index is 1.92. The molecule has 27 heavy (non-hydrogen) atoms. The monoisotopic (exact) mass is 385 g/mol. The molecule has 0 aliphatic heterocycles. The third-order valence-electron chi connectivity index (χ3n) is 4.21. The van der Waals surface area contributed by atoms with Crippen molar-refractivity contribution in [3.63, 3.8) is 0 Å². The van der Waals surface area contributed by atoms with Gasteiger partial charge in [0.2, 0.25) is 0 Å². The van der Waals surface area contributed by atoms with E-state index in [9.17, 15) is 12.8 Å². The van der Waals surface area contributed by atoms with Gasteiger partial charge in [-0.15, -0.1) is 0 Å². The zero-order chi connectivity index (χ0) is 19.0. The second kappa shape index (κ2) is 6.64. The van der Waals surface area contributed by atoms with E-state index in [-0.39, 0.29) is 16.2 Å². The van der Waals surface area contributed by atoms with Crippen molar-refractivity contribution in [2.45, 2.75) is 11.4 Å². The Kier molecular flexibility index (Phi) is 4.29. The molecule has 0 bridgehead atoms. The van der Waals surface area contributed by atoms with Gasteiger partial charge in [-0.1, -0.05) is 12.1 Å². The quantitative estimate of drug-likeness (QED) is 0.570. The summed E-state index contributed by atoms with van der Waals surface area (Å²) in [5.74, 6) is -0.498. The molecule has 0 spiro atoms. The molecule has 0 atom stereocenters. The smallest absolute Gasteiger partial charge is 0.269 e. The van der Waals surface area contributed by atoms with Crippen molar-refractivity contribution < 1.29 is 17.2 Å². The summed E-state index contributed by atoms with van der Waals surface area (Å²) >= 11 is 0. The van der Waals surface area contributed by atoms with Gasteiger partial charge in [0.25, 0.3) is 10.0 Å². The van der Waals surface area contributed by atoms with Crippen LogP contribution in [0.2, 0.25) is 0 Å². The van der Waals surface area contributed by atoms with E-state index >= 15 is 0 Å². The lowest BCUT2D eigenvalue weighted by molar-refractivity contribution is 0.585. The first-order valence-corrected chi connectivity index (χ1v) is 9.64. The van der Waals surface area contributed by atoms with E-state index in [1.165, 1.54) is 30.8 Å². The number of nitrogens with zero attached hydrogens (tertiary/aromatic N) is 2. The normalized spacial score (nSPS) is 11.9. The number of hydrogen-bond acceptors (Lipinski definition) is 5. The van der Waals surface area contributed by atoms with E-state index in [1.54, 1.807) is 37.4 Å². The second-order valence-corrected chi connectivity index (χ2v) is 7.83. The standard InChI is InChI=1S/C19H16FN3O3S/c1-21-10-13-8-18(15-4-2-3-5-16(15)20)23(12-13)27(24,25)14-9-19-17(22-11-14)6-7-26-19/h2-9,11-12,21H,10H2,1H3. The van der Waals surface area contributed by atoms with Crippen molar-refractivity contribution in [3.05, 3.63) is 72.5 Å². The largest absolute Gasteiger partial charge is 0.463 e. The van der Waals surface area contributed by atoms with Gasteiger partial charge in [-0.05, 0) is 30.8 Å². The van der Waals surface area contributed by atoms with Crippen LogP contribution < -0.4 is 5.32 Å². The summed E-state index contributed by atoms with van der Waals surface area (Å²) in [5.41, 5.74) is 2.09. The highest BCUT2D eigenvalue weighted by Gasteiger charge is 2.24. The Hall–Kier alpha value is -2.97. The van der Waals surface area contributed by atoms with Gasteiger partial charge in [0, 0.05) is 36.6 Å². The average Bonchev–Trinajstić information content (AvgIpc) is 3.29. The first-order chi connectivity index (χ1) is 13.0. The maximum absolute atomic E-state index is 14.4. The van der Waals surface area contributed by atoms with Gasteiger partial charge in [-0.25, -0.2) is 16.8 Å². The molecule has 1 N–H and O–H groups in total. The summed E-state index contributed by atoms with van der Waals surface area (Å²) in [6.07, 6.45) is 4.20. The van der Waals surface area contributed by atoms with E-state index in [1.807, 2.05) is 0 Å². The Bertz CT molecular complexity index is 1230. The molecule has 4 rings (SSSR count). The van der Waals surface area contributed by atoms with Crippen molar-refractivity contribution in [2.24, 2.45) is 0 Å². The van der Waals surface area contributed by atoms with Crippen LogP contribution in [0.3, 0.4) is 0 Å². The molecular formula is C19H16FN3O3S. The molecule has 0 saturated heterocycles. The lowest BCUT2D eigenvalue weighted by Crippen LogP contribution is -2.14. The molecule has 138 valence electrons. The summed E-state index contributed by atoms with van der Waals surface area (Å²) in [6, 6.07) is 10.8. The van der Waals surface area contributed by atoms with Gasteiger partial charge in [0.1, 0.15) is 16.2 Å². The molecule has 0 unspecified atom stereocenters. The third kappa shape index (κ3) is 3.02. The van der Waals surface area contributed by atoms with Crippen molar-refractivity contribution in [2.75, 3.05) is 7.05 Å². The number of fused-ring (bicyclic) bond motifs is 1. The molecule has 0 radical (unpaired) electrons. The molecule has 0 aliphatic rings. The number of rotatable bonds is 5. The van der Waals surface area contributed by atoms with E-state index in [4.69, 9.17) is 4.42 Å². The molecule has 0 saturated carbocycles. The molecule has 0 amide bonds. The van der Waals surface area contributed by atoms with E-state index < -0.39 is 15.8 Å². The predicted octanol–water partition coefficient (Wildman–Crippen LogP) is 3.39. The van der Waals surface area contributed by atoms with E-state index in [0.29, 0.717) is 23.2 Å². The lowest BCUT2D eigenvalue weighted by atomic mass is 10.1. The number of furan rings is 1. The van der Waals surface area contributed by atoms with Crippen LogP contribution in [-0.4, -0.2) is 24.4 Å². The topological polar surface area (TPSA) is 77.1 Å². The molecular weight excluding hydrogens is 369 g/mol. The maximum Gasteiger partial charge on any atom is 0.269 e. The summed E-state index contributed by atoms with van der Waals surface area (Å²) in [5, 5.41) is 2.97. The number of pyridine rings is 1. The van der Waals surface area contributed by atoms with E-state index in [0.717, 1.165) is 3.97 Å². The van der Waals surface area contributed by atoms with Crippen molar-refractivity contribution in [3.8, 4) is 11.3 Å². The molecule has 3 heterocycles. The maximum atomic E-state index is 14.4. The molecule has 0 fully saturated rings. The van der Waals surface area contributed by atoms with Gasteiger partial charge in [0.15, 0.2) is 5.58 Å². The van der Waals surface area contributed by atoms with Crippen molar-refractivity contribution in [1.82, 2.24) is 14.3 Å². The Labute approximate surface area is 155 Å². The second-order valence-electron chi connectivity index (χ2n) is 6.02. The zero-order valence-electron chi connectivity index (χ0n) is 14.4. The highest BCUT2D eigenvalue weighted by molar-refractivity contribution is 7.90. The van der Waals surface area contributed by atoms with Gasteiger partial charge in [-0.3, -0.25) is 4.98 Å². The van der Waals surface area contributed by atoms with Crippen LogP contribution in [0.25, 0.3) is 22.4 Å². The van der Waals surface area contributed by atoms with Crippen LogP contribution in [0.4, 0.5) is 4.39 Å². The summed E-state index contributed by atoms with van der Waals surface area (Å²) in [7, 11) is -2.25. The SMILES string of the molecule is CNCc1cc(-c2ccccc2F)n(S(=O)(=O)c2cnc3ccoc3c2)c1. The summed E-state index contributed by atoms with van der Waals surface area (Å²) in [4.78, 5) is 4.09. The molecule has 1 aromatic carbocycles. The minimum absolute atomic E-state index is 0.0332. The minimum Gasteiger partial charge on any atom is -0.463 e. The fourth-order valence-corrected chi connectivity index (χ4v) is 4.30. The predicted molar refractivity (Wildman–Crippen MR) is 99.2 cm³/mol. The molecule has 8 heteroatoms. The Morgan fingerprint density at radius 1 is 1.22 bits per heavy atom. The Morgan fingerprint density at radius 3 is 2.81 bits per heavy atom. The van der Waals surface area contributed by atoms with Gasteiger partial charge < -0.3 is 9.73 Å². The van der Waals surface area contributed by atoms with Gasteiger partial charge >= 0.3 is 0 Å². The molecule has 0 aliphatic carbocycles. The van der Waals surface area contributed by atoms with Crippen LogP contribution in [-0.2, 0) is 16.6 Å².